The molecule has 0 unspecified atom stereocenters. The van der Waals surface area contributed by atoms with Crippen LogP contribution in [0.3, 0.4) is 0 Å². The Bertz CT molecular complexity index is 1370. The number of benzene rings is 1. The number of anilines is 1. The molecule has 4 rings (SSSR count). The maximum Gasteiger partial charge on any atom is 0.408 e. The molecule has 2 N–H and O–H groups in total. The summed E-state index contributed by atoms with van der Waals surface area (Å²) < 4.78 is 6.80. The van der Waals surface area contributed by atoms with E-state index in [2.05, 4.69) is 15.3 Å². The molecule has 1 saturated heterocycles. The summed E-state index contributed by atoms with van der Waals surface area (Å²) in [5, 5.41) is 12.0. The van der Waals surface area contributed by atoms with Crippen LogP contribution in [0.1, 0.15) is 29.8 Å². The summed E-state index contributed by atoms with van der Waals surface area (Å²) in [7, 11) is 0. The number of amides is 2. The second kappa shape index (κ2) is 11.1. The number of pyridine rings is 1. The molecule has 1 aromatic carbocycles. The van der Waals surface area contributed by atoms with Gasteiger partial charge in [-0.1, -0.05) is 30.3 Å². The number of hydrogen-bond acceptors (Lipinski definition) is 8. The minimum Gasteiger partial charge on any atom is -0.477 e. The number of aryl methyl sites for hydroxylation is 1. The third-order valence-corrected chi connectivity index (χ3v) is 6.16. The molecule has 1 aliphatic rings. The Balaban J connectivity index is 1.36. The zero-order valence-electron chi connectivity index (χ0n) is 20.6. The molecule has 194 valence electrons. The molecule has 3 aromatic rings. The first-order valence-electron chi connectivity index (χ1n) is 11.9. The fourth-order valence-corrected chi connectivity index (χ4v) is 4.11. The summed E-state index contributed by atoms with van der Waals surface area (Å²) in [6, 6.07) is 8.50. The Hall–Kier alpha value is -4.48. The molecule has 1 aliphatic heterocycles. The number of aromatic nitrogens is 3. The number of alkyl carbamates (subject to hydrolysis) is 1. The predicted octanol–water partition coefficient (Wildman–Crippen LogP) is 1.47. The van der Waals surface area contributed by atoms with E-state index < -0.39 is 23.5 Å². The van der Waals surface area contributed by atoms with Gasteiger partial charge in [0.25, 0.3) is 0 Å². The van der Waals surface area contributed by atoms with Gasteiger partial charge in [-0.25, -0.2) is 14.6 Å². The van der Waals surface area contributed by atoms with Gasteiger partial charge in [-0.05, 0) is 19.4 Å². The SMILES string of the molecule is CCn1cc(C(=O)O)c(=O)c2cnc(N3CCN(C(=O)[C@H](C)NC(=O)OCc4ccccc4)CC3)nc21. The van der Waals surface area contributed by atoms with E-state index in [1.165, 1.54) is 12.4 Å². The van der Waals surface area contributed by atoms with Crippen molar-refractivity contribution in [2.75, 3.05) is 31.1 Å². The standard InChI is InChI=1S/C25H28N6O6/c1-3-29-14-19(23(34)35)20(32)18-13-26-24(28-21(18)29)31-11-9-30(10-12-31)22(33)16(2)27-25(36)37-15-17-7-5-4-6-8-17/h4-8,13-14,16H,3,9-12,15H2,1-2H3,(H,27,36)(H,34,35)/t16-/m0/s1. The number of fused-ring (bicyclic) bond motifs is 1. The lowest BCUT2D eigenvalue weighted by molar-refractivity contribution is -0.133. The van der Waals surface area contributed by atoms with Crippen molar-refractivity contribution in [2.45, 2.75) is 33.0 Å². The molecule has 37 heavy (non-hydrogen) atoms. The minimum atomic E-state index is -1.30. The Morgan fingerprint density at radius 2 is 1.84 bits per heavy atom. The zero-order chi connectivity index (χ0) is 26.5. The highest BCUT2D eigenvalue weighted by molar-refractivity contribution is 5.91. The molecule has 0 bridgehead atoms. The summed E-state index contributed by atoms with van der Waals surface area (Å²) in [5.74, 6) is -1.14. The summed E-state index contributed by atoms with van der Waals surface area (Å²) in [4.78, 5) is 61.3. The molecule has 0 saturated carbocycles. The molecule has 12 heteroatoms. The highest BCUT2D eigenvalue weighted by Crippen LogP contribution is 2.16. The number of carboxylic acids is 1. The first kappa shape index (κ1) is 25.6. The number of rotatable bonds is 7. The summed E-state index contributed by atoms with van der Waals surface area (Å²) in [6.45, 7) is 5.66. The van der Waals surface area contributed by atoms with Gasteiger partial charge in [-0.15, -0.1) is 0 Å². The van der Waals surface area contributed by atoms with E-state index in [-0.39, 0.29) is 23.5 Å². The van der Waals surface area contributed by atoms with Gasteiger partial charge in [0.15, 0.2) is 0 Å². The Morgan fingerprint density at radius 1 is 1.14 bits per heavy atom. The van der Waals surface area contributed by atoms with Gasteiger partial charge in [0, 0.05) is 45.1 Å². The number of nitrogens with zero attached hydrogens (tertiary/aromatic N) is 5. The molecule has 0 aliphatic carbocycles. The molecule has 1 fully saturated rings. The number of carbonyl (C=O) groups excluding carboxylic acids is 2. The fraction of sp³-hybridized carbons (Fsp3) is 0.360. The van der Waals surface area contributed by atoms with Crippen LogP contribution in [0.5, 0.6) is 0 Å². The number of aromatic carboxylic acids is 1. The van der Waals surface area contributed by atoms with E-state index in [4.69, 9.17) is 4.74 Å². The van der Waals surface area contributed by atoms with Crippen molar-refractivity contribution in [3.63, 3.8) is 0 Å². The predicted molar refractivity (Wildman–Crippen MR) is 134 cm³/mol. The average molecular weight is 509 g/mol. The van der Waals surface area contributed by atoms with E-state index >= 15 is 0 Å². The Morgan fingerprint density at radius 3 is 2.49 bits per heavy atom. The van der Waals surface area contributed by atoms with Crippen LogP contribution in [0.15, 0.2) is 47.5 Å². The first-order valence-corrected chi connectivity index (χ1v) is 11.9. The van der Waals surface area contributed by atoms with Crippen molar-refractivity contribution < 1.29 is 24.2 Å². The highest BCUT2D eigenvalue weighted by atomic mass is 16.5. The number of piperazine rings is 1. The van der Waals surface area contributed by atoms with Crippen LogP contribution >= 0.6 is 0 Å². The third-order valence-electron chi connectivity index (χ3n) is 6.16. The molecular weight excluding hydrogens is 480 g/mol. The molecule has 1 atom stereocenters. The van der Waals surface area contributed by atoms with Gasteiger partial charge in [0.1, 0.15) is 23.9 Å². The van der Waals surface area contributed by atoms with Crippen LogP contribution < -0.4 is 15.6 Å². The van der Waals surface area contributed by atoms with Crippen molar-refractivity contribution >= 4 is 35.0 Å². The lowest BCUT2D eigenvalue weighted by Gasteiger charge is -2.36. The van der Waals surface area contributed by atoms with Gasteiger partial charge in [0.05, 0.1) is 5.39 Å². The Labute approximate surface area is 212 Å². The largest absolute Gasteiger partial charge is 0.477 e. The normalized spacial score (nSPS) is 14.3. The second-order valence-corrected chi connectivity index (χ2v) is 8.61. The monoisotopic (exact) mass is 508 g/mol. The minimum absolute atomic E-state index is 0.113. The number of nitrogens with one attached hydrogen (secondary N) is 1. The third kappa shape index (κ3) is 5.68. The van der Waals surface area contributed by atoms with E-state index in [1.54, 1.807) is 16.4 Å². The number of ether oxygens (including phenoxy) is 1. The Kier molecular flexibility index (Phi) is 7.66. The van der Waals surface area contributed by atoms with Crippen LogP contribution in [-0.2, 0) is 22.7 Å². The molecule has 3 heterocycles. The topological polar surface area (TPSA) is 147 Å². The molecule has 12 nitrogen and oxygen atoms in total. The van der Waals surface area contributed by atoms with Crippen molar-refractivity contribution in [3.8, 4) is 0 Å². The van der Waals surface area contributed by atoms with Crippen molar-refractivity contribution in [3.05, 3.63) is 64.1 Å². The van der Waals surface area contributed by atoms with E-state index in [0.29, 0.717) is 44.3 Å². The highest BCUT2D eigenvalue weighted by Gasteiger charge is 2.27. The lowest BCUT2D eigenvalue weighted by Crippen LogP contribution is -2.54. The van der Waals surface area contributed by atoms with Crippen LogP contribution in [0.25, 0.3) is 11.0 Å². The molecular formula is C25H28N6O6. The summed E-state index contributed by atoms with van der Waals surface area (Å²) >= 11 is 0. The van der Waals surface area contributed by atoms with Gasteiger partial charge >= 0.3 is 12.1 Å². The second-order valence-electron chi connectivity index (χ2n) is 8.61. The summed E-state index contributed by atoms with van der Waals surface area (Å²) in [5.41, 5.74) is 0.247. The van der Waals surface area contributed by atoms with Crippen molar-refractivity contribution in [1.82, 2.24) is 24.8 Å². The van der Waals surface area contributed by atoms with Crippen LogP contribution in [0.4, 0.5) is 10.7 Å². The van der Waals surface area contributed by atoms with E-state index in [0.717, 1.165) is 5.56 Å². The maximum atomic E-state index is 12.9. The van der Waals surface area contributed by atoms with Crippen molar-refractivity contribution in [2.24, 2.45) is 0 Å². The number of carbonyl (C=O) groups is 3. The van der Waals surface area contributed by atoms with Crippen LogP contribution in [0.2, 0.25) is 0 Å². The van der Waals surface area contributed by atoms with Crippen LogP contribution in [-0.4, -0.2) is 74.7 Å². The maximum absolute atomic E-state index is 12.9. The smallest absolute Gasteiger partial charge is 0.408 e. The molecule has 0 spiro atoms. The van der Waals surface area contributed by atoms with Crippen molar-refractivity contribution in [1.29, 1.82) is 0 Å². The van der Waals surface area contributed by atoms with Gasteiger partial charge in [-0.3, -0.25) is 9.59 Å². The molecule has 2 aromatic heterocycles. The molecule has 0 radical (unpaired) electrons. The molecule has 2 amide bonds. The number of carboxylic acid groups (broad SMARTS) is 1. The fourth-order valence-electron chi connectivity index (χ4n) is 4.11. The zero-order valence-corrected chi connectivity index (χ0v) is 20.6. The lowest BCUT2D eigenvalue weighted by atomic mass is 10.2. The van der Waals surface area contributed by atoms with Gasteiger partial charge < -0.3 is 29.5 Å². The number of hydrogen-bond donors (Lipinski definition) is 2. The first-order chi connectivity index (χ1) is 17.8. The van der Waals surface area contributed by atoms with E-state index in [1.807, 2.05) is 42.2 Å². The average Bonchev–Trinajstić information content (AvgIpc) is 2.92. The van der Waals surface area contributed by atoms with Gasteiger partial charge in [-0.2, -0.15) is 4.98 Å². The quantitative estimate of drug-likeness (QED) is 0.484. The van der Waals surface area contributed by atoms with Gasteiger partial charge in [0.2, 0.25) is 17.3 Å². The van der Waals surface area contributed by atoms with E-state index in [9.17, 15) is 24.3 Å². The van der Waals surface area contributed by atoms with Crippen LogP contribution in [0, 0.1) is 0 Å². The summed E-state index contributed by atoms with van der Waals surface area (Å²) in [6.07, 6.45) is 1.98.